The summed E-state index contributed by atoms with van der Waals surface area (Å²) in [6, 6.07) is 13.0. The zero-order valence-corrected chi connectivity index (χ0v) is 19.9. The van der Waals surface area contributed by atoms with Crippen molar-refractivity contribution in [2.75, 3.05) is 29.9 Å². The number of oxazole rings is 1. The molecular weight excluding hydrogens is 460 g/mol. The number of aromatic nitrogens is 1. The van der Waals surface area contributed by atoms with E-state index in [0.717, 1.165) is 30.6 Å². The first-order valence-electron chi connectivity index (χ1n) is 12.1. The van der Waals surface area contributed by atoms with E-state index in [-0.39, 0.29) is 35.4 Å². The molecule has 0 bridgehead atoms. The highest BCUT2D eigenvalue weighted by Gasteiger charge is 2.30. The molecule has 2 aromatic heterocycles. The number of hydrogen-bond acceptors (Lipinski definition) is 8. The van der Waals surface area contributed by atoms with Crippen LogP contribution in [-0.2, 0) is 16.1 Å². The zero-order chi connectivity index (χ0) is 25.1. The maximum Gasteiger partial charge on any atom is 0.266 e. The number of primary amides is 1. The van der Waals surface area contributed by atoms with Crippen LogP contribution < -0.4 is 16.0 Å². The first kappa shape index (κ1) is 23.6. The van der Waals surface area contributed by atoms with Crippen LogP contribution in [0, 0.1) is 17.2 Å². The number of nitrogens with one attached hydrogen (secondary N) is 1. The largest absolute Gasteiger partial charge is 0.459 e. The van der Waals surface area contributed by atoms with Crippen molar-refractivity contribution in [3.8, 4) is 17.7 Å². The lowest BCUT2D eigenvalue weighted by Crippen LogP contribution is -2.39. The lowest BCUT2D eigenvalue weighted by atomic mass is 9.95. The minimum atomic E-state index is -0.285. The summed E-state index contributed by atoms with van der Waals surface area (Å²) in [7, 11) is 0. The summed E-state index contributed by atoms with van der Waals surface area (Å²) < 4.78 is 11.2. The van der Waals surface area contributed by atoms with Crippen molar-refractivity contribution in [1.29, 1.82) is 5.26 Å². The average molecular weight is 489 g/mol. The van der Waals surface area contributed by atoms with E-state index in [1.807, 2.05) is 29.2 Å². The number of nitrogens with zero attached hydrogens (tertiary/aromatic N) is 4. The van der Waals surface area contributed by atoms with Gasteiger partial charge in [0.25, 0.3) is 5.89 Å². The predicted octanol–water partition coefficient (Wildman–Crippen LogP) is 3.11. The summed E-state index contributed by atoms with van der Waals surface area (Å²) in [4.78, 5) is 33.0. The number of anilines is 2. The fourth-order valence-corrected chi connectivity index (χ4v) is 5.01. The summed E-state index contributed by atoms with van der Waals surface area (Å²) in [6.45, 7) is 2.60. The van der Waals surface area contributed by atoms with Crippen LogP contribution in [-0.4, -0.2) is 47.4 Å². The summed E-state index contributed by atoms with van der Waals surface area (Å²) in [5.74, 6) is 0.670. The van der Waals surface area contributed by atoms with Crippen molar-refractivity contribution >= 4 is 23.4 Å². The van der Waals surface area contributed by atoms with Crippen molar-refractivity contribution in [3.05, 3.63) is 53.9 Å². The SMILES string of the molecule is N#Cc1nc(-c2ccco2)oc1N1CCC(C(=O)Nc2cccc(CN3CCCC3C(N)=O)c2)CC1. The monoisotopic (exact) mass is 488 g/mol. The molecule has 5 rings (SSSR count). The lowest BCUT2D eigenvalue weighted by Gasteiger charge is -2.31. The minimum absolute atomic E-state index is 0.0302. The van der Waals surface area contributed by atoms with E-state index >= 15 is 0 Å². The van der Waals surface area contributed by atoms with Crippen molar-refractivity contribution in [2.24, 2.45) is 11.7 Å². The van der Waals surface area contributed by atoms with Gasteiger partial charge < -0.3 is 24.8 Å². The number of carbonyl (C=O) groups is 2. The van der Waals surface area contributed by atoms with Gasteiger partial charge in [-0.25, -0.2) is 0 Å². The van der Waals surface area contributed by atoms with Gasteiger partial charge in [0, 0.05) is 31.2 Å². The Morgan fingerprint density at radius 2 is 2.00 bits per heavy atom. The number of piperidine rings is 1. The van der Waals surface area contributed by atoms with Crippen LogP contribution in [0.3, 0.4) is 0 Å². The first-order valence-corrected chi connectivity index (χ1v) is 12.1. The quantitative estimate of drug-likeness (QED) is 0.517. The van der Waals surface area contributed by atoms with Gasteiger partial charge in [-0.05, 0) is 62.1 Å². The minimum Gasteiger partial charge on any atom is -0.459 e. The van der Waals surface area contributed by atoms with E-state index in [1.165, 1.54) is 6.26 Å². The molecule has 0 aliphatic carbocycles. The Labute approximate surface area is 208 Å². The number of benzene rings is 1. The highest BCUT2D eigenvalue weighted by atomic mass is 16.4. The molecule has 10 nitrogen and oxygen atoms in total. The fourth-order valence-electron chi connectivity index (χ4n) is 5.01. The van der Waals surface area contributed by atoms with E-state index in [2.05, 4.69) is 21.3 Å². The number of nitriles is 1. The molecule has 4 heterocycles. The van der Waals surface area contributed by atoms with Gasteiger partial charge in [-0.15, -0.1) is 0 Å². The van der Waals surface area contributed by atoms with Crippen molar-refractivity contribution < 1.29 is 18.4 Å². The Morgan fingerprint density at radius 1 is 1.17 bits per heavy atom. The van der Waals surface area contributed by atoms with Crippen LogP contribution >= 0.6 is 0 Å². The molecule has 2 aliphatic rings. The Bertz CT molecular complexity index is 1270. The second-order valence-electron chi connectivity index (χ2n) is 9.24. The number of rotatable bonds is 7. The van der Waals surface area contributed by atoms with E-state index in [4.69, 9.17) is 14.6 Å². The van der Waals surface area contributed by atoms with Gasteiger partial charge in [0.2, 0.25) is 23.4 Å². The average Bonchev–Trinajstić information content (AvgIpc) is 3.65. The van der Waals surface area contributed by atoms with Gasteiger partial charge in [0.1, 0.15) is 6.07 Å². The van der Waals surface area contributed by atoms with Crippen molar-refractivity contribution in [3.63, 3.8) is 0 Å². The number of furan rings is 1. The third-order valence-electron chi connectivity index (χ3n) is 6.87. The second kappa shape index (κ2) is 10.3. The summed E-state index contributed by atoms with van der Waals surface area (Å²) in [6.07, 6.45) is 4.52. The molecule has 1 unspecified atom stereocenters. The highest BCUT2D eigenvalue weighted by molar-refractivity contribution is 5.92. The first-order chi connectivity index (χ1) is 17.5. The van der Waals surface area contributed by atoms with Crippen LogP contribution in [0.2, 0.25) is 0 Å². The highest BCUT2D eigenvalue weighted by Crippen LogP contribution is 2.31. The molecule has 2 saturated heterocycles. The Morgan fingerprint density at radius 3 is 2.72 bits per heavy atom. The number of amides is 2. The number of nitrogens with two attached hydrogens (primary N) is 1. The third kappa shape index (κ3) is 4.97. The molecule has 186 valence electrons. The Kier molecular flexibility index (Phi) is 6.73. The summed E-state index contributed by atoms with van der Waals surface area (Å²) >= 11 is 0. The van der Waals surface area contributed by atoms with Gasteiger partial charge >= 0.3 is 0 Å². The summed E-state index contributed by atoms with van der Waals surface area (Å²) in [5, 5.41) is 12.5. The standard InChI is InChI=1S/C26H28N6O4/c27-15-20-26(36-25(30-20)22-7-3-13-35-22)31-11-8-18(9-12-31)24(34)29-19-5-1-4-17(14-19)16-32-10-2-6-21(32)23(28)33/h1,3-5,7,13-14,18,21H,2,6,8-12,16H2,(H2,28,33)(H,29,34). The maximum absolute atomic E-state index is 13.0. The number of carbonyl (C=O) groups excluding carboxylic acids is 2. The molecule has 36 heavy (non-hydrogen) atoms. The molecule has 3 N–H and O–H groups in total. The van der Waals surface area contributed by atoms with E-state index in [1.54, 1.807) is 12.1 Å². The molecule has 0 spiro atoms. The van der Waals surface area contributed by atoms with Crippen molar-refractivity contribution in [1.82, 2.24) is 9.88 Å². The molecule has 1 atom stereocenters. The maximum atomic E-state index is 13.0. The molecule has 0 radical (unpaired) electrons. The molecule has 2 aliphatic heterocycles. The van der Waals surface area contributed by atoms with Gasteiger partial charge in [-0.2, -0.15) is 10.2 Å². The molecule has 3 aromatic rings. The van der Waals surface area contributed by atoms with Gasteiger partial charge in [0.05, 0.1) is 12.3 Å². The smallest absolute Gasteiger partial charge is 0.266 e. The van der Waals surface area contributed by atoms with Gasteiger partial charge in [0.15, 0.2) is 5.76 Å². The Hall–Kier alpha value is -4.10. The second-order valence-corrected chi connectivity index (χ2v) is 9.24. The summed E-state index contributed by atoms with van der Waals surface area (Å²) in [5.41, 5.74) is 7.50. The van der Waals surface area contributed by atoms with Crippen LogP contribution in [0.25, 0.3) is 11.7 Å². The molecule has 2 amide bonds. The lowest BCUT2D eigenvalue weighted by molar-refractivity contribution is -0.122. The van der Waals surface area contributed by atoms with Crippen LogP contribution in [0.15, 0.2) is 51.5 Å². The number of likely N-dealkylation sites (tertiary alicyclic amines) is 1. The molecule has 10 heteroatoms. The van der Waals surface area contributed by atoms with E-state index < -0.39 is 0 Å². The zero-order valence-electron chi connectivity index (χ0n) is 19.9. The van der Waals surface area contributed by atoms with Crippen molar-refractivity contribution in [2.45, 2.75) is 38.3 Å². The normalized spacial score (nSPS) is 18.8. The van der Waals surface area contributed by atoms with Crippen LogP contribution in [0.1, 0.15) is 36.9 Å². The molecule has 0 saturated carbocycles. The molecule has 1 aromatic carbocycles. The van der Waals surface area contributed by atoms with E-state index in [0.29, 0.717) is 44.1 Å². The molecular formula is C26H28N6O4. The van der Waals surface area contributed by atoms with Crippen LogP contribution in [0.5, 0.6) is 0 Å². The van der Waals surface area contributed by atoms with E-state index in [9.17, 15) is 14.9 Å². The predicted molar refractivity (Wildman–Crippen MR) is 132 cm³/mol. The third-order valence-corrected chi connectivity index (χ3v) is 6.87. The molecule has 2 fully saturated rings. The Balaban J connectivity index is 1.18. The van der Waals surface area contributed by atoms with Gasteiger partial charge in [-0.1, -0.05) is 12.1 Å². The fraction of sp³-hybridized carbons (Fsp3) is 0.385. The van der Waals surface area contributed by atoms with Crippen LogP contribution in [0.4, 0.5) is 11.6 Å². The topological polar surface area (TPSA) is 142 Å². The number of hydrogen-bond donors (Lipinski definition) is 2. The van der Waals surface area contributed by atoms with Gasteiger partial charge in [-0.3, -0.25) is 14.5 Å².